The van der Waals surface area contributed by atoms with Gasteiger partial charge in [-0.05, 0) is 42.0 Å². The van der Waals surface area contributed by atoms with E-state index in [1.807, 2.05) is 22.2 Å². The molecule has 136 valence electrons. The molecule has 0 radical (unpaired) electrons. The van der Waals surface area contributed by atoms with Crippen molar-refractivity contribution in [3.8, 4) is 10.6 Å². The lowest BCUT2D eigenvalue weighted by Gasteiger charge is -2.08. The fourth-order valence-electron chi connectivity index (χ4n) is 3.27. The maximum absolute atomic E-state index is 13.0. The van der Waals surface area contributed by atoms with Gasteiger partial charge >= 0.3 is 0 Å². The molecule has 1 N–H and O–H groups in total. The Morgan fingerprint density at radius 1 is 1.19 bits per heavy atom. The summed E-state index contributed by atoms with van der Waals surface area (Å²) in [6.45, 7) is 0.226. The molecular formula is C18H20N4O2S2. The zero-order chi connectivity index (χ0) is 18.0. The van der Waals surface area contributed by atoms with Crippen molar-refractivity contribution in [1.82, 2.24) is 19.5 Å². The van der Waals surface area contributed by atoms with Crippen LogP contribution in [0.25, 0.3) is 10.6 Å². The molecule has 1 aliphatic rings. The predicted molar refractivity (Wildman–Crippen MR) is 101 cm³/mol. The van der Waals surface area contributed by atoms with E-state index in [-0.39, 0.29) is 17.5 Å². The molecule has 6 nitrogen and oxygen atoms in total. The summed E-state index contributed by atoms with van der Waals surface area (Å²) in [5, 5.41) is 6.59. The van der Waals surface area contributed by atoms with E-state index in [2.05, 4.69) is 14.8 Å². The van der Waals surface area contributed by atoms with E-state index >= 15 is 0 Å². The molecule has 26 heavy (non-hydrogen) atoms. The van der Waals surface area contributed by atoms with Crippen LogP contribution in [-0.2, 0) is 16.6 Å². The normalized spacial score (nSPS) is 15.5. The van der Waals surface area contributed by atoms with Gasteiger partial charge in [0, 0.05) is 25.1 Å². The van der Waals surface area contributed by atoms with E-state index < -0.39 is 10.0 Å². The number of aromatic nitrogens is 3. The van der Waals surface area contributed by atoms with Crippen molar-refractivity contribution in [3.63, 3.8) is 0 Å². The van der Waals surface area contributed by atoms with Gasteiger partial charge in [-0.1, -0.05) is 18.9 Å². The highest BCUT2D eigenvalue weighted by Crippen LogP contribution is 2.34. The molecule has 0 saturated heterocycles. The van der Waals surface area contributed by atoms with Crippen molar-refractivity contribution in [2.75, 3.05) is 0 Å². The maximum atomic E-state index is 13.0. The van der Waals surface area contributed by atoms with Gasteiger partial charge in [-0.15, -0.1) is 11.3 Å². The molecule has 0 atom stereocenters. The Kier molecular flexibility index (Phi) is 4.88. The average Bonchev–Trinajstić information content (AvgIpc) is 3.41. The van der Waals surface area contributed by atoms with Crippen molar-refractivity contribution in [2.45, 2.75) is 43.2 Å². The molecule has 4 rings (SSSR count). The van der Waals surface area contributed by atoms with E-state index in [1.165, 1.54) is 24.2 Å². The highest BCUT2D eigenvalue weighted by atomic mass is 32.2. The lowest BCUT2D eigenvalue weighted by atomic mass is 10.3. The fraction of sp³-hybridized carbons (Fsp3) is 0.333. The zero-order valence-electron chi connectivity index (χ0n) is 14.2. The summed E-state index contributed by atoms with van der Waals surface area (Å²) in [5.41, 5.74) is 1.40. The molecule has 0 spiro atoms. The quantitative estimate of drug-likeness (QED) is 0.700. The first-order chi connectivity index (χ1) is 12.6. The first-order valence-electron chi connectivity index (χ1n) is 8.65. The van der Waals surface area contributed by atoms with Gasteiger partial charge in [0.05, 0.1) is 10.9 Å². The van der Waals surface area contributed by atoms with Gasteiger partial charge in [0.2, 0.25) is 10.0 Å². The molecule has 0 aliphatic heterocycles. The minimum Gasteiger partial charge on any atom is -0.268 e. The SMILES string of the molecule is O=S(=O)(NCc1ccncc1)c1cn(C2CCCC2)nc1-c1cccs1. The van der Waals surface area contributed by atoms with Gasteiger partial charge in [-0.3, -0.25) is 9.67 Å². The average molecular weight is 389 g/mol. The largest absolute Gasteiger partial charge is 0.268 e. The van der Waals surface area contributed by atoms with Crippen LogP contribution in [0.5, 0.6) is 0 Å². The van der Waals surface area contributed by atoms with Crippen molar-refractivity contribution < 1.29 is 8.42 Å². The Morgan fingerprint density at radius 3 is 2.65 bits per heavy atom. The second-order valence-electron chi connectivity index (χ2n) is 6.42. The zero-order valence-corrected chi connectivity index (χ0v) is 15.8. The molecule has 0 amide bonds. The lowest BCUT2D eigenvalue weighted by Crippen LogP contribution is -2.23. The van der Waals surface area contributed by atoms with Crippen molar-refractivity contribution in [1.29, 1.82) is 0 Å². The van der Waals surface area contributed by atoms with Gasteiger partial charge in [-0.2, -0.15) is 5.10 Å². The minimum atomic E-state index is -3.67. The fourth-order valence-corrected chi connectivity index (χ4v) is 5.22. The molecule has 0 bridgehead atoms. The Bertz CT molecular complexity index is 960. The minimum absolute atomic E-state index is 0.226. The molecule has 1 aliphatic carbocycles. The first kappa shape index (κ1) is 17.4. The predicted octanol–water partition coefficient (Wildman–Crippen LogP) is 3.60. The summed E-state index contributed by atoms with van der Waals surface area (Å²) in [4.78, 5) is 5.07. The van der Waals surface area contributed by atoms with Crippen LogP contribution in [0, 0.1) is 0 Å². The van der Waals surface area contributed by atoms with Crippen LogP contribution >= 0.6 is 11.3 Å². The number of hydrogen-bond donors (Lipinski definition) is 1. The topological polar surface area (TPSA) is 76.9 Å². The molecule has 8 heteroatoms. The van der Waals surface area contributed by atoms with Crippen molar-refractivity contribution in [3.05, 3.63) is 53.8 Å². The van der Waals surface area contributed by atoms with Gasteiger partial charge in [0.15, 0.2) is 0 Å². The van der Waals surface area contributed by atoms with Crippen LogP contribution in [0.3, 0.4) is 0 Å². The van der Waals surface area contributed by atoms with Crippen LogP contribution < -0.4 is 4.72 Å². The molecule has 1 saturated carbocycles. The number of nitrogens with zero attached hydrogens (tertiary/aromatic N) is 3. The number of hydrogen-bond acceptors (Lipinski definition) is 5. The summed E-state index contributed by atoms with van der Waals surface area (Å²) in [5.74, 6) is 0. The number of nitrogens with one attached hydrogen (secondary N) is 1. The Labute approximate surface area is 157 Å². The molecule has 1 fully saturated rings. The number of sulfonamides is 1. The number of rotatable bonds is 6. The molecular weight excluding hydrogens is 368 g/mol. The molecule has 3 heterocycles. The monoisotopic (exact) mass is 388 g/mol. The van der Waals surface area contributed by atoms with Crippen molar-refractivity contribution >= 4 is 21.4 Å². The van der Waals surface area contributed by atoms with Crippen LogP contribution in [0.15, 0.2) is 53.1 Å². The van der Waals surface area contributed by atoms with Crippen LogP contribution in [0.1, 0.15) is 37.3 Å². The molecule has 3 aromatic rings. The first-order valence-corrected chi connectivity index (χ1v) is 11.0. The summed E-state index contributed by atoms with van der Waals surface area (Å²) >= 11 is 1.50. The Hall–Kier alpha value is -2.03. The lowest BCUT2D eigenvalue weighted by molar-refractivity contribution is 0.467. The van der Waals surface area contributed by atoms with Gasteiger partial charge in [0.25, 0.3) is 0 Å². The van der Waals surface area contributed by atoms with Crippen LogP contribution in [0.4, 0.5) is 0 Å². The Balaban J connectivity index is 1.67. The second kappa shape index (κ2) is 7.30. The van der Waals surface area contributed by atoms with E-state index in [9.17, 15) is 8.42 Å². The highest BCUT2D eigenvalue weighted by Gasteiger charge is 2.27. The Morgan fingerprint density at radius 2 is 1.96 bits per heavy atom. The van der Waals surface area contributed by atoms with Crippen LogP contribution in [0.2, 0.25) is 0 Å². The van der Waals surface area contributed by atoms with Crippen molar-refractivity contribution in [2.24, 2.45) is 0 Å². The van der Waals surface area contributed by atoms with E-state index in [4.69, 9.17) is 0 Å². The summed E-state index contributed by atoms with van der Waals surface area (Å²) in [7, 11) is -3.67. The van der Waals surface area contributed by atoms with E-state index in [0.29, 0.717) is 5.69 Å². The molecule has 0 aromatic carbocycles. The summed E-state index contributed by atoms with van der Waals surface area (Å²) < 4.78 is 30.5. The van der Waals surface area contributed by atoms with Gasteiger partial charge in [-0.25, -0.2) is 13.1 Å². The number of thiophene rings is 1. The highest BCUT2D eigenvalue weighted by molar-refractivity contribution is 7.89. The third kappa shape index (κ3) is 3.58. The standard InChI is InChI=1S/C18H20N4O2S2/c23-26(24,20-12-14-7-9-19-10-8-14)17-13-22(15-4-1-2-5-15)21-18(17)16-6-3-11-25-16/h3,6-11,13,15,20H,1-2,4-5,12H2. The third-order valence-corrected chi connectivity index (χ3v) is 6.94. The molecule has 3 aromatic heterocycles. The third-order valence-electron chi connectivity index (χ3n) is 4.66. The summed E-state index contributed by atoms with van der Waals surface area (Å²) in [6.07, 6.45) is 9.44. The maximum Gasteiger partial charge on any atom is 0.244 e. The smallest absolute Gasteiger partial charge is 0.244 e. The van der Waals surface area contributed by atoms with E-state index in [0.717, 1.165) is 23.3 Å². The van der Waals surface area contributed by atoms with Gasteiger partial charge < -0.3 is 0 Å². The van der Waals surface area contributed by atoms with E-state index in [1.54, 1.807) is 30.7 Å². The second-order valence-corrected chi connectivity index (χ2v) is 9.10. The van der Waals surface area contributed by atoms with Crippen LogP contribution in [-0.4, -0.2) is 23.2 Å². The van der Waals surface area contributed by atoms with Gasteiger partial charge in [0.1, 0.15) is 10.6 Å². The molecule has 0 unspecified atom stereocenters. The number of pyridine rings is 1. The summed E-state index contributed by atoms with van der Waals surface area (Å²) in [6, 6.07) is 7.70.